The Morgan fingerprint density at radius 3 is 2.57 bits per heavy atom. The molecule has 1 N–H and O–H groups in total. The van der Waals surface area contributed by atoms with E-state index in [9.17, 15) is 4.79 Å². The number of rotatable bonds is 6. The van der Waals surface area contributed by atoms with Gasteiger partial charge in [-0.25, -0.2) is 0 Å². The number of aryl methyl sites for hydroxylation is 3. The number of carbonyl (C=O) groups excluding carboxylic acids is 1. The second-order valence-corrected chi connectivity index (χ2v) is 6.51. The number of hydrogen-bond acceptors (Lipinski definition) is 2. The molecule has 0 atom stereocenters. The lowest BCUT2D eigenvalue weighted by Gasteiger charge is -2.11. The van der Waals surface area contributed by atoms with E-state index in [1.54, 1.807) is 0 Å². The van der Waals surface area contributed by atoms with Gasteiger partial charge < -0.3 is 10.1 Å². The average Bonchev–Trinajstić information content (AvgIpc) is 2.50. The number of carbonyl (C=O) groups is 1. The van der Waals surface area contributed by atoms with Crippen molar-refractivity contribution in [1.82, 2.24) is 0 Å². The molecule has 0 bridgehead atoms. The smallest absolute Gasteiger partial charge is 0.262 e. The van der Waals surface area contributed by atoms with Gasteiger partial charge >= 0.3 is 0 Å². The Kier molecular flexibility index (Phi) is 6.22. The van der Waals surface area contributed by atoms with E-state index in [0.717, 1.165) is 28.6 Å². The molecule has 23 heavy (non-hydrogen) atoms. The van der Waals surface area contributed by atoms with Crippen molar-refractivity contribution in [1.29, 1.82) is 0 Å². The summed E-state index contributed by atoms with van der Waals surface area (Å²) in [6.45, 7) is 6.20. The lowest BCUT2D eigenvalue weighted by atomic mass is 10.1. The normalized spacial score (nSPS) is 10.4. The summed E-state index contributed by atoms with van der Waals surface area (Å²) < 4.78 is 6.48. The first kappa shape index (κ1) is 17.5. The summed E-state index contributed by atoms with van der Waals surface area (Å²) in [5.74, 6) is 0.512. The van der Waals surface area contributed by atoms with Crippen LogP contribution in [0.3, 0.4) is 0 Å². The molecule has 0 saturated carbocycles. The summed E-state index contributed by atoms with van der Waals surface area (Å²) in [5.41, 5.74) is 4.40. The molecule has 0 aliphatic carbocycles. The van der Waals surface area contributed by atoms with Crippen molar-refractivity contribution in [2.24, 2.45) is 0 Å². The number of nitrogens with one attached hydrogen (secondary N) is 1. The molecule has 2 aromatic rings. The van der Waals surface area contributed by atoms with E-state index in [-0.39, 0.29) is 12.5 Å². The van der Waals surface area contributed by atoms with E-state index in [1.807, 2.05) is 50.2 Å². The van der Waals surface area contributed by atoms with Gasteiger partial charge in [-0.2, -0.15) is 0 Å². The number of ether oxygens (including phenoxy) is 1. The summed E-state index contributed by atoms with van der Waals surface area (Å²) >= 11 is 3.49. The van der Waals surface area contributed by atoms with Gasteiger partial charge in [-0.1, -0.05) is 25.5 Å². The Hall–Kier alpha value is -1.81. The molecule has 2 rings (SSSR count). The third-order valence-corrected chi connectivity index (χ3v) is 4.30. The molecule has 0 aliphatic heterocycles. The maximum atomic E-state index is 12.0. The standard InChI is InChI=1S/C19H22BrNO2/c1-4-5-15-7-9-18(17(20)11-15)23-12-19(22)21-16-8-6-13(2)14(3)10-16/h6-11H,4-5,12H2,1-3H3,(H,21,22). The predicted octanol–water partition coefficient (Wildman–Crippen LogP) is 5.04. The van der Waals surface area contributed by atoms with Gasteiger partial charge in [0.2, 0.25) is 0 Å². The van der Waals surface area contributed by atoms with E-state index in [0.29, 0.717) is 5.75 Å². The molecule has 0 fully saturated rings. The molecule has 3 nitrogen and oxygen atoms in total. The highest BCUT2D eigenvalue weighted by Gasteiger charge is 2.07. The van der Waals surface area contributed by atoms with Crippen LogP contribution in [0.15, 0.2) is 40.9 Å². The second-order valence-electron chi connectivity index (χ2n) is 5.65. The fourth-order valence-electron chi connectivity index (χ4n) is 2.27. The number of halogens is 1. The van der Waals surface area contributed by atoms with Crippen LogP contribution in [0, 0.1) is 13.8 Å². The number of benzene rings is 2. The van der Waals surface area contributed by atoms with E-state index < -0.39 is 0 Å². The van der Waals surface area contributed by atoms with Crippen molar-refractivity contribution in [3.63, 3.8) is 0 Å². The zero-order valence-electron chi connectivity index (χ0n) is 13.8. The average molecular weight is 376 g/mol. The molecule has 0 aromatic heterocycles. The van der Waals surface area contributed by atoms with Crippen LogP contribution in [-0.4, -0.2) is 12.5 Å². The third kappa shape index (κ3) is 5.10. The van der Waals surface area contributed by atoms with Crippen LogP contribution in [0.4, 0.5) is 5.69 Å². The van der Waals surface area contributed by atoms with Gasteiger partial charge in [0, 0.05) is 5.69 Å². The van der Waals surface area contributed by atoms with Crippen molar-refractivity contribution >= 4 is 27.5 Å². The topological polar surface area (TPSA) is 38.3 Å². The summed E-state index contributed by atoms with van der Waals surface area (Å²) in [7, 11) is 0. The first-order valence-electron chi connectivity index (χ1n) is 7.78. The van der Waals surface area contributed by atoms with Gasteiger partial charge in [-0.05, 0) is 77.2 Å². The molecule has 1 amide bonds. The SMILES string of the molecule is CCCc1ccc(OCC(=O)Nc2ccc(C)c(C)c2)c(Br)c1. The van der Waals surface area contributed by atoms with Crippen LogP contribution >= 0.6 is 15.9 Å². The first-order valence-corrected chi connectivity index (χ1v) is 8.57. The molecule has 2 aromatic carbocycles. The van der Waals surface area contributed by atoms with Gasteiger partial charge in [0.15, 0.2) is 6.61 Å². The minimum absolute atomic E-state index is 0.0152. The molecule has 0 heterocycles. The third-order valence-electron chi connectivity index (χ3n) is 3.68. The van der Waals surface area contributed by atoms with Crippen molar-refractivity contribution in [2.75, 3.05) is 11.9 Å². The second kappa shape index (κ2) is 8.16. The molecular formula is C19H22BrNO2. The predicted molar refractivity (Wildman–Crippen MR) is 98.2 cm³/mol. The Morgan fingerprint density at radius 2 is 1.91 bits per heavy atom. The molecule has 0 aliphatic rings. The highest BCUT2D eigenvalue weighted by molar-refractivity contribution is 9.10. The van der Waals surface area contributed by atoms with Gasteiger partial charge in [-0.3, -0.25) is 4.79 Å². The maximum absolute atomic E-state index is 12.0. The molecule has 4 heteroatoms. The summed E-state index contributed by atoms with van der Waals surface area (Å²) in [4.78, 5) is 12.0. The highest BCUT2D eigenvalue weighted by atomic mass is 79.9. The lowest BCUT2D eigenvalue weighted by molar-refractivity contribution is -0.118. The Morgan fingerprint density at radius 1 is 1.13 bits per heavy atom. The summed E-state index contributed by atoms with van der Waals surface area (Å²) in [5, 5.41) is 2.85. The minimum Gasteiger partial charge on any atom is -0.483 e. The molecule has 0 radical (unpaired) electrons. The van der Waals surface area contributed by atoms with Crippen LogP contribution in [0.25, 0.3) is 0 Å². The van der Waals surface area contributed by atoms with E-state index in [1.165, 1.54) is 11.1 Å². The summed E-state index contributed by atoms with van der Waals surface area (Å²) in [6.07, 6.45) is 2.14. The van der Waals surface area contributed by atoms with Crippen LogP contribution < -0.4 is 10.1 Å². The Balaban J connectivity index is 1.92. The molecular weight excluding hydrogens is 354 g/mol. The molecule has 122 valence electrons. The maximum Gasteiger partial charge on any atom is 0.262 e. The van der Waals surface area contributed by atoms with Crippen molar-refractivity contribution in [2.45, 2.75) is 33.6 Å². The van der Waals surface area contributed by atoms with E-state index >= 15 is 0 Å². The van der Waals surface area contributed by atoms with Crippen molar-refractivity contribution < 1.29 is 9.53 Å². The highest BCUT2D eigenvalue weighted by Crippen LogP contribution is 2.26. The molecule has 0 spiro atoms. The van der Waals surface area contributed by atoms with Gasteiger partial charge in [0.1, 0.15) is 5.75 Å². The van der Waals surface area contributed by atoms with Gasteiger partial charge in [-0.15, -0.1) is 0 Å². The monoisotopic (exact) mass is 375 g/mol. The molecule has 0 unspecified atom stereocenters. The number of hydrogen-bond donors (Lipinski definition) is 1. The first-order chi connectivity index (χ1) is 11.0. The lowest BCUT2D eigenvalue weighted by Crippen LogP contribution is -2.20. The van der Waals surface area contributed by atoms with E-state index in [4.69, 9.17) is 4.74 Å². The summed E-state index contributed by atoms with van der Waals surface area (Å²) in [6, 6.07) is 11.8. The van der Waals surface area contributed by atoms with Crippen molar-refractivity contribution in [3.8, 4) is 5.75 Å². The van der Waals surface area contributed by atoms with E-state index in [2.05, 4.69) is 28.2 Å². The Bertz CT molecular complexity index is 698. The number of amides is 1. The van der Waals surface area contributed by atoms with Crippen LogP contribution in [0.1, 0.15) is 30.0 Å². The fourth-order valence-corrected chi connectivity index (χ4v) is 2.81. The molecule has 0 saturated heterocycles. The quantitative estimate of drug-likeness (QED) is 0.768. The largest absolute Gasteiger partial charge is 0.483 e. The van der Waals surface area contributed by atoms with Crippen LogP contribution in [0.2, 0.25) is 0 Å². The fraction of sp³-hybridized carbons (Fsp3) is 0.316. The van der Waals surface area contributed by atoms with Crippen LogP contribution in [-0.2, 0) is 11.2 Å². The van der Waals surface area contributed by atoms with Gasteiger partial charge in [0.25, 0.3) is 5.91 Å². The zero-order chi connectivity index (χ0) is 16.8. The number of anilines is 1. The Labute approximate surface area is 146 Å². The van der Waals surface area contributed by atoms with Gasteiger partial charge in [0.05, 0.1) is 4.47 Å². The zero-order valence-corrected chi connectivity index (χ0v) is 15.4. The minimum atomic E-state index is -0.169. The van der Waals surface area contributed by atoms with Crippen LogP contribution in [0.5, 0.6) is 5.75 Å². The van der Waals surface area contributed by atoms with Crippen molar-refractivity contribution in [3.05, 3.63) is 57.6 Å².